The van der Waals surface area contributed by atoms with E-state index in [9.17, 15) is 0 Å². The maximum absolute atomic E-state index is 6.50. The number of methoxy groups -OCH3 is 1. The van der Waals surface area contributed by atoms with Gasteiger partial charge in [0.1, 0.15) is 12.2 Å². The normalized spacial score (nSPS) is 30.5. The summed E-state index contributed by atoms with van der Waals surface area (Å²) in [4.78, 5) is 0. The topological polar surface area (TPSA) is 46.2 Å². The zero-order valence-electron chi connectivity index (χ0n) is 16.6. The molecule has 0 bridgehead atoms. The van der Waals surface area contributed by atoms with E-state index in [1.54, 1.807) is 7.11 Å². The van der Waals surface area contributed by atoms with Gasteiger partial charge in [-0.15, -0.1) is 0 Å². The molecule has 1 fully saturated rings. The van der Waals surface area contributed by atoms with Crippen LogP contribution >= 0.6 is 0 Å². The van der Waals surface area contributed by atoms with Crippen LogP contribution in [0.5, 0.6) is 0 Å². The molecule has 8 heteroatoms. The standard InChI is InChI=1S/C15H36O5Si3/c1-16-15-14(20-23(8,9)10)13(19-22(5,6)7)12(11-17-15)18-21(2,3)4/h12-15H,11H2,1-10H3/t12-,13-,14-,15+/m0/s1. The molecule has 0 aromatic rings. The van der Waals surface area contributed by atoms with Crippen LogP contribution < -0.4 is 0 Å². The van der Waals surface area contributed by atoms with Gasteiger partial charge >= 0.3 is 0 Å². The van der Waals surface area contributed by atoms with Gasteiger partial charge in [0.05, 0.1) is 12.7 Å². The van der Waals surface area contributed by atoms with Crippen molar-refractivity contribution in [1.82, 2.24) is 0 Å². The van der Waals surface area contributed by atoms with Crippen molar-refractivity contribution in [1.29, 1.82) is 0 Å². The van der Waals surface area contributed by atoms with Gasteiger partial charge in [-0.2, -0.15) is 0 Å². The molecule has 138 valence electrons. The Bertz CT molecular complexity index is 373. The fraction of sp³-hybridized carbons (Fsp3) is 1.00. The summed E-state index contributed by atoms with van der Waals surface area (Å²) < 4.78 is 30.7. The lowest BCUT2D eigenvalue weighted by Gasteiger charge is -2.47. The molecule has 0 amide bonds. The third kappa shape index (κ3) is 7.91. The summed E-state index contributed by atoms with van der Waals surface area (Å²) >= 11 is 0. The summed E-state index contributed by atoms with van der Waals surface area (Å²) in [6.07, 6.45) is -0.877. The Morgan fingerprint density at radius 2 is 1.13 bits per heavy atom. The quantitative estimate of drug-likeness (QED) is 0.631. The van der Waals surface area contributed by atoms with Crippen molar-refractivity contribution in [3.8, 4) is 0 Å². The van der Waals surface area contributed by atoms with E-state index in [-0.39, 0.29) is 18.3 Å². The monoisotopic (exact) mass is 380 g/mol. The van der Waals surface area contributed by atoms with E-state index < -0.39 is 31.2 Å². The fourth-order valence-electron chi connectivity index (χ4n) is 2.59. The summed E-state index contributed by atoms with van der Waals surface area (Å²) in [5.74, 6) is 0. The lowest BCUT2D eigenvalue weighted by Crippen LogP contribution is -2.62. The van der Waals surface area contributed by atoms with E-state index in [1.807, 2.05) is 0 Å². The molecular formula is C15H36O5Si3. The van der Waals surface area contributed by atoms with Crippen LogP contribution in [0, 0.1) is 0 Å². The molecule has 0 saturated carbocycles. The van der Waals surface area contributed by atoms with E-state index in [2.05, 4.69) is 58.9 Å². The van der Waals surface area contributed by atoms with Gasteiger partial charge in [-0.25, -0.2) is 0 Å². The summed E-state index contributed by atoms with van der Waals surface area (Å²) in [6, 6.07) is 0. The second-order valence-corrected chi connectivity index (χ2v) is 22.5. The average molecular weight is 381 g/mol. The van der Waals surface area contributed by atoms with Gasteiger partial charge in [-0.1, -0.05) is 0 Å². The molecule has 0 aromatic carbocycles. The third-order valence-electron chi connectivity index (χ3n) is 3.10. The molecular weight excluding hydrogens is 344 g/mol. The van der Waals surface area contributed by atoms with Crippen LogP contribution in [0.4, 0.5) is 0 Å². The highest BCUT2D eigenvalue weighted by Gasteiger charge is 2.47. The Labute approximate surface area is 145 Å². The van der Waals surface area contributed by atoms with Crippen LogP contribution in [0.25, 0.3) is 0 Å². The second-order valence-electron chi connectivity index (χ2n) is 9.10. The van der Waals surface area contributed by atoms with Crippen LogP contribution in [0.1, 0.15) is 0 Å². The van der Waals surface area contributed by atoms with Crippen molar-refractivity contribution in [2.75, 3.05) is 13.7 Å². The summed E-state index contributed by atoms with van der Waals surface area (Å²) in [5, 5.41) is 0. The van der Waals surface area contributed by atoms with Gasteiger partial charge in [0.25, 0.3) is 0 Å². The van der Waals surface area contributed by atoms with E-state index in [0.717, 1.165) is 0 Å². The number of hydrogen-bond donors (Lipinski definition) is 0. The SMILES string of the molecule is CO[C@@H]1OC[C@H](O[Si](C)(C)C)[C@H](O[Si](C)(C)C)[C@@H]1O[Si](C)(C)C. The minimum atomic E-state index is -1.78. The number of rotatable bonds is 7. The molecule has 0 radical (unpaired) electrons. The molecule has 23 heavy (non-hydrogen) atoms. The second kappa shape index (κ2) is 7.77. The Morgan fingerprint density at radius 3 is 1.52 bits per heavy atom. The van der Waals surface area contributed by atoms with Gasteiger partial charge in [-0.05, 0) is 58.9 Å². The highest BCUT2D eigenvalue weighted by atomic mass is 28.4. The van der Waals surface area contributed by atoms with Crippen LogP contribution in [-0.4, -0.2) is 63.3 Å². The summed E-state index contributed by atoms with van der Waals surface area (Å²) in [5.41, 5.74) is 0. The molecule has 1 aliphatic rings. The minimum Gasteiger partial charge on any atom is -0.410 e. The fourth-order valence-corrected chi connectivity index (χ4v) is 5.86. The first-order chi connectivity index (χ1) is 10.2. The smallest absolute Gasteiger partial charge is 0.184 e. The molecule has 0 aromatic heterocycles. The zero-order valence-corrected chi connectivity index (χ0v) is 19.6. The van der Waals surface area contributed by atoms with Gasteiger partial charge in [-0.3, -0.25) is 0 Å². The maximum Gasteiger partial charge on any atom is 0.184 e. The lowest BCUT2D eigenvalue weighted by molar-refractivity contribution is -0.250. The first kappa shape index (κ1) is 21.5. The Hall–Kier alpha value is 0.451. The van der Waals surface area contributed by atoms with Crippen molar-refractivity contribution in [2.45, 2.75) is 83.5 Å². The van der Waals surface area contributed by atoms with Crippen LogP contribution in [0.2, 0.25) is 58.9 Å². The highest BCUT2D eigenvalue weighted by Crippen LogP contribution is 2.30. The van der Waals surface area contributed by atoms with Crippen molar-refractivity contribution in [3.63, 3.8) is 0 Å². The van der Waals surface area contributed by atoms with Crippen LogP contribution in [-0.2, 0) is 22.8 Å². The molecule has 4 atom stereocenters. The lowest BCUT2D eigenvalue weighted by atomic mass is 10.1. The molecule has 1 heterocycles. The van der Waals surface area contributed by atoms with Gasteiger partial charge in [0, 0.05) is 7.11 Å². The van der Waals surface area contributed by atoms with E-state index in [0.29, 0.717) is 6.61 Å². The average Bonchev–Trinajstić information content (AvgIpc) is 2.28. The molecule has 5 nitrogen and oxygen atoms in total. The molecule has 1 saturated heterocycles. The number of hydrogen-bond acceptors (Lipinski definition) is 5. The Morgan fingerprint density at radius 1 is 0.696 bits per heavy atom. The molecule has 0 spiro atoms. The van der Waals surface area contributed by atoms with Crippen molar-refractivity contribution in [2.24, 2.45) is 0 Å². The van der Waals surface area contributed by atoms with Crippen molar-refractivity contribution in [3.05, 3.63) is 0 Å². The molecule has 0 N–H and O–H groups in total. The van der Waals surface area contributed by atoms with Gasteiger partial charge in [0.15, 0.2) is 31.2 Å². The maximum atomic E-state index is 6.50. The Balaban J connectivity index is 3.08. The Kier molecular flexibility index (Phi) is 7.27. The summed E-state index contributed by atoms with van der Waals surface area (Å²) in [6.45, 7) is 20.2. The van der Waals surface area contributed by atoms with E-state index in [4.69, 9.17) is 22.8 Å². The van der Waals surface area contributed by atoms with E-state index in [1.165, 1.54) is 0 Å². The first-order valence-electron chi connectivity index (χ1n) is 8.40. The van der Waals surface area contributed by atoms with E-state index >= 15 is 0 Å². The van der Waals surface area contributed by atoms with Gasteiger partial charge < -0.3 is 22.8 Å². The predicted molar refractivity (Wildman–Crippen MR) is 101 cm³/mol. The third-order valence-corrected chi connectivity index (χ3v) is 6.07. The molecule has 0 aliphatic carbocycles. The largest absolute Gasteiger partial charge is 0.410 e. The summed E-state index contributed by atoms with van der Waals surface area (Å²) in [7, 11) is -3.59. The molecule has 0 unspecified atom stereocenters. The van der Waals surface area contributed by atoms with Crippen LogP contribution in [0.3, 0.4) is 0 Å². The highest BCUT2D eigenvalue weighted by molar-refractivity contribution is 6.70. The van der Waals surface area contributed by atoms with Crippen molar-refractivity contribution < 1.29 is 22.8 Å². The number of ether oxygens (including phenoxy) is 2. The minimum absolute atomic E-state index is 0.0962. The van der Waals surface area contributed by atoms with Crippen molar-refractivity contribution >= 4 is 25.0 Å². The van der Waals surface area contributed by atoms with Crippen LogP contribution in [0.15, 0.2) is 0 Å². The predicted octanol–water partition coefficient (Wildman–Crippen LogP) is 3.65. The molecule has 1 rings (SSSR count). The first-order valence-corrected chi connectivity index (χ1v) is 18.6. The zero-order chi connectivity index (χ0) is 18.1. The molecule has 1 aliphatic heterocycles. The van der Waals surface area contributed by atoms with Gasteiger partial charge in [0.2, 0.25) is 0 Å².